The number of halogens is 4. The minimum atomic E-state index is -4.62. The van der Waals surface area contributed by atoms with Gasteiger partial charge in [-0.3, -0.25) is 4.79 Å². The molecule has 2 aromatic rings. The Labute approximate surface area is 150 Å². The number of rotatable bonds is 4. The van der Waals surface area contributed by atoms with Gasteiger partial charge in [0.25, 0.3) is 5.91 Å². The lowest BCUT2D eigenvalue weighted by molar-refractivity contribution is -0.137. The molecule has 0 aromatic heterocycles. The SMILES string of the molecule is N#C/C(=C/Nc1ccc(Br)cc1)C(=O)Nc1ccccc1C(F)(F)F. The van der Waals surface area contributed by atoms with E-state index in [2.05, 4.69) is 26.6 Å². The number of amides is 1. The maximum absolute atomic E-state index is 12.9. The van der Waals surface area contributed by atoms with Gasteiger partial charge in [0.1, 0.15) is 11.6 Å². The van der Waals surface area contributed by atoms with Crippen molar-refractivity contribution in [2.45, 2.75) is 6.18 Å². The van der Waals surface area contributed by atoms with Crippen LogP contribution in [0.4, 0.5) is 24.5 Å². The number of carbonyl (C=O) groups is 1. The summed E-state index contributed by atoms with van der Waals surface area (Å²) in [6.45, 7) is 0. The van der Waals surface area contributed by atoms with Crippen molar-refractivity contribution in [2.24, 2.45) is 0 Å². The lowest BCUT2D eigenvalue weighted by atomic mass is 10.1. The molecule has 8 heteroatoms. The molecular weight excluding hydrogens is 399 g/mol. The molecule has 0 fully saturated rings. The number of alkyl halides is 3. The van der Waals surface area contributed by atoms with E-state index in [4.69, 9.17) is 5.26 Å². The number of benzene rings is 2. The van der Waals surface area contributed by atoms with Crippen LogP contribution in [0.25, 0.3) is 0 Å². The minimum Gasteiger partial charge on any atom is -0.360 e. The summed E-state index contributed by atoms with van der Waals surface area (Å²) in [6, 6.07) is 13.1. The summed E-state index contributed by atoms with van der Waals surface area (Å²) >= 11 is 3.27. The van der Waals surface area contributed by atoms with Gasteiger partial charge in [-0.25, -0.2) is 0 Å². The molecule has 4 nitrogen and oxygen atoms in total. The molecule has 0 heterocycles. The molecule has 0 saturated heterocycles. The Balaban J connectivity index is 2.17. The van der Waals surface area contributed by atoms with Crippen LogP contribution in [0, 0.1) is 11.3 Å². The molecule has 2 rings (SSSR count). The molecule has 1 amide bonds. The van der Waals surface area contributed by atoms with Crippen molar-refractivity contribution >= 4 is 33.2 Å². The van der Waals surface area contributed by atoms with Crippen molar-refractivity contribution in [1.82, 2.24) is 0 Å². The zero-order chi connectivity index (χ0) is 18.4. The monoisotopic (exact) mass is 409 g/mol. The molecule has 25 heavy (non-hydrogen) atoms. The zero-order valence-corrected chi connectivity index (χ0v) is 14.1. The van der Waals surface area contributed by atoms with E-state index in [-0.39, 0.29) is 5.57 Å². The van der Waals surface area contributed by atoms with Crippen molar-refractivity contribution < 1.29 is 18.0 Å². The molecule has 0 bridgehead atoms. The zero-order valence-electron chi connectivity index (χ0n) is 12.6. The van der Waals surface area contributed by atoms with Crippen LogP contribution in [0.15, 0.2) is 64.8 Å². The van der Waals surface area contributed by atoms with Crippen molar-refractivity contribution in [3.63, 3.8) is 0 Å². The molecule has 2 N–H and O–H groups in total. The van der Waals surface area contributed by atoms with Crippen LogP contribution in [-0.2, 0) is 11.0 Å². The fraction of sp³-hybridized carbons (Fsp3) is 0.0588. The third-order valence-electron chi connectivity index (χ3n) is 3.07. The van der Waals surface area contributed by atoms with Gasteiger partial charge in [0.2, 0.25) is 0 Å². The van der Waals surface area contributed by atoms with Gasteiger partial charge >= 0.3 is 6.18 Å². The Morgan fingerprint density at radius 3 is 2.36 bits per heavy atom. The number of nitrogens with zero attached hydrogens (tertiary/aromatic N) is 1. The molecule has 0 aliphatic rings. The second kappa shape index (κ2) is 7.85. The number of para-hydroxylation sites is 1. The van der Waals surface area contributed by atoms with Crippen LogP contribution in [0.2, 0.25) is 0 Å². The van der Waals surface area contributed by atoms with E-state index in [1.807, 2.05) is 0 Å². The van der Waals surface area contributed by atoms with Crippen LogP contribution in [0.1, 0.15) is 5.56 Å². The molecule has 0 spiro atoms. The average Bonchev–Trinajstić information content (AvgIpc) is 2.56. The van der Waals surface area contributed by atoms with Crippen molar-refractivity contribution in [2.75, 3.05) is 10.6 Å². The first kappa shape index (κ1) is 18.5. The summed E-state index contributed by atoms with van der Waals surface area (Å²) in [4.78, 5) is 12.1. The van der Waals surface area contributed by atoms with Crippen LogP contribution in [-0.4, -0.2) is 5.91 Å². The minimum absolute atomic E-state index is 0.361. The molecule has 0 aliphatic carbocycles. The Hall–Kier alpha value is -2.79. The largest absolute Gasteiger partial charge is 0.418 e. The average molecular weight is 410 g/mol. The van der Waals surface area contributed by atoms with E-state index < -0.39 is 23.3 Å². The summed E-state index contributed by atoms with van der Waals surface area (Å²) in [5.74, 6) is -0.941. The van der Waals surface area contributed by atoms with Crippen molar-refractivity contribution in [3.8, 4) is 6.07 Å². The van der Waals surface area contributed by atoms with Gasteiger partial charge in [-0.05, 0) is 36.4 Å². The summed E-state index contributed by atoms with van der Waals surface area (Å²) < 4.78 is 39.7. The molecule has 0 aliphatic heterocycles. The summed E-state index contributed by atoms with van der Waals surface area (Å²) in [5.41, 5.74) is -1.15. The van der Waals surface area contributed by atoms with Gasteiger partial charge in [0.15, 0.2) is 0 Å². The number of anilines is 2. The van der Waals surface area contributed by atoms with Crippen LogP contribution < -0.4 is 10.6 Å². The lowest BCUT2D eigenvalue weighted by Crippen LogP contribution is -2.18. The van der Waals surface area contributed by atoms with E-state index >= 15 is 0 Å². The summed E-state index contributed by atoms with van der Waals surface area (Å²) in [6.07, 6.45) is -3.48. The highest BCUT2D eigenvalue weighted by Crippen LogP contribution is 2.34. The number of nitrogens with one attached hydrogen (secondary N) is 2. The van der Waals surface area contributed by atoms with E-state index in [1.54, 1.807) is 30.3 Å². The smallest absolute Gasteiger partial charge is 0.360 e. The Morgan fingerprint density at radius 1 is 1.12 bits per heavy atom. The molecule has 128 valence electrons. The Bertz CT molecular complexity index is 839. The van der Waals surface area contributed by atoms with Gasteiger partial charge in [-0.1, -0.05) is 28.1 Å². The number of carbonyl (C=O) groups excluding carboxylic acids is 1. The van der Waals surface area contributed by atoms with Crippen molar-refractivity contribution in [3.05, 3.63) is 70.3 Å². The maximum atomic E-state index is 12.9. The third kappa shape index (κ3) is 5.09. The van der Waals surface area contributed by atoms with Gasteiger partial charge < -0.3 is 10.6 Å². The predicted molar refractivity (Wildman–Crippen MR) is 91.5 cm³/mol. The number of hydrogen-bond donors (Lipinski definition) is 2. The molecule has 0 radical (unpaired) electrons. The van der Waals surface area contributed by atoms with Gasteiger partial charge in [-0.2, -0.15) is 18.4 Å². The van der Waals surface area contributed by atoms with Gasteiger partial charge in [0, 0.05) is 16.4 Å². The molecule has 0 atom stereocenters. The second-order valence-electron chi connectivity index (χ2n) is 4.82. The van der Waals surface area contributed by atoms with Crippen molar-refractivity contribution in [1.29, 1.82) is 5.26 Å². The van der Waals surface area contributed by atoms with Crippen LogP contribution >= 0.6 is 15.9 Å². The van der Waals surface area contributed by atoms with E-state index in [1.165, 1.54) is 12.1 Å². The lowest BCUT2D eigenvalue weighted by Gasteiger charge is -2.13. The highest BCUT2D eigenvalue weighted by atomic mass is 79.9. The fourth-order valence-electron chi connectivity index (χ4n) is 1.88. The highest BCUT2D eigenvalue weighted by Gasteiger charge is 2.33. The quantitative estimate of drug-likeness (QED) is 0.555. The van der Waals surface area contributed by atoms with E-state index in [0.717, 1.165) is 22.8 Å². The van der Waals surface area contributed by atoms with E-state index in [0.29, 0.717) is 5.69 Å². The predicted octanol–water partition coefficient (Wildman–Crippen LogP) is 4.93. The fourth-order valence-corrected chi connectivity index (χ4v) is 2.14. The van der Waals surface area contributed by atoms with Crippen LogP contribution in [0.3, 0.4) is 0 Å². The molecule has 2 aromatic carbocycles. The van der Waals surface area contributed by atoms with Gasteiger partial charge in [-0.15, -0.1) is 0 Å². The standard InChI is InChI=1S/C17H11BrF3N3O/c18-12-5-7-13(8-6-12)23-10-11(9-22)16(25)24-15-4-2-1-3-14(15)17(19,20)21/h1-8,10,23H,(H,24,25)/b11-10-. The van der Waals surface area contributed by atoms with Gasteiger partial charge in [0.05, 0.1) is 11.3 Å². The topological polar surface area (TPSA) is 64.9 Å². The molecule has 0 saturated carbocycles. The maximum Gasteiger partial charge on any atom is 0.418 e. The first-order valence-corrected chi connectivity index (χ1v) is 7.70. The van der Waals surface area contributed by atoms with Crippen LogP contribution in [0.5, 0.6) is 0 Å². The number of hydrogen-bond acceptors (Lipinski definition) is 3. The highest BCUT2D eigenvalue weighted by molar-refractivity contribution is 9.10. The first-order valence-electron chi connectivity index (χ1n) is 6.91. The Morgan fingerprint density at radius 2 is 1.76 bits per heavy atom. The number of nitriles is 1. The Kier molecular flexibility index (Phi) is 5.83. The van der Waals surface area contributed by atoms with E-state index in [9.17, 15) is 18.0 Å². The molecule has 0 unspecified atom stereocenters. The normalized spacial score (nSPS) is 11.6. The first-order chi connectivity index (χ1) is 11.8. The summed E-state index contributed by atoms with van der Waals surface area (Å²) in [5, 5.41) is 13.9. The molecular formula is C17H11BrF3N3O. The summed E-state index contributed by atoms with van der Waals surface area (Å²) in [7, 11) is 0. The second-order valence-corrected chi connectivity index (χ2v) is 5.73. The third-order valence-corrected chi connectivity index (χ3v) is 3.60.